The minimum atomic E-state index is -2.40. The van der Waals surface area contributed by atoms with Crippen molar-refractivity contribution in [3.63, 3.8) is 0 Å². The number of halogens is 3. The Balaban J connectivity index is 1.48. The fourth-order valence-electron chi connectivity index (χ4n) is 3.88. The fraction of sp³-hybridized carbons (Fsp3) is 0.0625. The quantitative estimate of drug-likeness (QED) is 0.128. The van der Waals surface area contributed by atoms with E-state index in [1.807, 2.05) is 5.43 Å². The number of anilines is 1. The van der Waals surface area contributed by atoms with Crippen LogP contribution < -0.4 is 16.2 Å². The number of benzene rings is 4. The van der Waals surface area contributed by atoms with Gasteiger partial charge in [-0.25, -0.2) is 14.4 Å². The molecule has 0 heterocycles. The van der Waals surface area contributed by atoms with Crippen molar-refractivity contribution in [2.45, 2.75) is 12.2 Å². The van der Waals surface area contributed by atoms with Crippen LogP contribution in [-0.2, 0) is 19.1 Å². The first-order valence-electron chi connectivity index (χ1n) is 13.4. The Bertz CT molecular complexity index is 1830. The van der Waals surface area contributed by atoms with Crippen molar-refractivity contribution in [1.82, 2.24) is 10.9 Å². The molecule has 0 fully saturated rings. The summed E-state index contributed by atoms with van der Waals surface area (Å²) in [5.74, 6) is -6.98. The van der Waals surface area contributed by atoms with E-state index in [-0.39, 0.29) is 26.7 Å². The van der Waals surface area contributed by atoms with Gasteiger partial charge in [0.1, 0.15) is 0 Å². The zero-order valence-corrected chi connectivity index (χ0v) is 26.0. The number of aliphatic carboxylic acids is 1. The fourth-order valence-corrected chi connectivity index (χ4v) is 4.43. The molecule has 0 aliphatic rings. The highest BCUT2D eigenvalue weighted by Crippen LogP contribution is 2.21. The molecule has 47 heavy (non-hydrogen) atoms. The summed E-state index contributed by atoms with van der Waals surface area (Å²) in [5, 5.41) is 12.9. The average Bonchev–Trinajstić information content (AvgIpc) is 3.05. The van der Waals surface area contributed by atoms with Gasteiger partial charge in [0.15, 0.2) is 0 Å². The molecule has 0 bridgehead atoms. The largest absolute Gasteiger partial charge is 0.478 e. The molecule has 0 spiro atoms. The molecular weight excluding hydrogens is 677 g/mol. The molecule has 0 aromatic heterocycles. The molecule has 4 aromatic carbocycles. The minimum Gasteiger partial charge on any atom is -0.478 e. The summed E-state index contributed by atoms with van der Waals surface area (Å²) >= 11 is 17.9. The van der Waals surface area contributed by atoms with Gasteiger partial charge < -0.3 is 19.9 Å². The van der Waals surface area contributed by atoms with Crippen molar-refractivity contribution in [2.75, 3.05) is 5.32 Å². The Kier molecular flexibility index (Phi) is 11.5. The number of rotatable bonds is 10. The van der Waals surface area contributed by atoms with E-state index in [4.69, 9.17) is 44.3 Å². The summed E-state index contributed by atoms with van der Waals surface area (Å²) in [6.07, 6.45) is -4.72. The molecule has 4 N–H and O–H groups in total. The molecule has 240 valence electrons. The first kappa shape index (κ1) is 34.4. The number of nitrogens with one attached hydrogen (secondary N) is 3. The molecular formula is C32H22Cl3N3O9. The van der Waals surface area contributed by atoms with E-state index >= 15 is 0 Å². The molecule has 0 saturated carbocycles. The minimum absolute atomic E-state index is 0.0133. The third kappa shape index (κ3) is 9.07. The van der Waals surface area contributed by atoms with Gasteiger partial charge in [-0.05, 0) is 72.8 Å². The second kappa shape index (κ2) is 15.7. The van der Waals surface area contributed by atoms with Crippen LogP contribution in [0.2, 0.25) is 15.1 Å². The molecule has 4 rings (SSSR count). The lowest BCUT2D eigenvalue weighted by Gasteiger charge is -2.24. The average molecular weight is 699 g/mol. The third-order valence-electron chi connectivity index (χ3n) is 6.24. The van der Waals surface area contributed by atoms with E-state index in [1.165, 1.54) is 84.9 Å². The van der Waals surface area contributed by atoms with Crippen LogP contribution in [0.25, 0.3) is 0 Å². The summed E-state index contributed by atoms with van der Waals surface area (Å²) in [6.45, 7) is 0. The van der Waals surface area contributed by atoms with Crippen molar-refractivity contribution < 1.29 is 43.3 Å². The van der Waals surface area contributed by atoms with Crippen LogP contribution in [0.4, 0.5) is 5.69 Å². The number of ether oxygens (including phenoxy) is 2. The zero-order valence-electron chi connectivity index (χ0n) is 23.7. The number of esters is 2. The van der Waals surface area contributed by atoms with Crippen LogP contribution in [0, 0.1) is 0 Å². The van der Waals surface area contributed by atoms with E-state index in [0.717, 1.165) is 0 Å². The highest BCUT2D eigenvalue weighted by Gasteiger charge is 2.41. The van der Waals surface area contributed by atoms with Crippen LogP contribution in [-0.4, -0.2) is 52.9 Å². The molecule has 2 atom stereocenters. The molecule has 0 unspecified atom stereocenters. The lowest BCUT2D eigenvalue weighted by molar-refractivity contribution is -0.159. The van der Waals surface area contributed by atoms with E-state index < -0.39 is 47.8 Å². The van der Waals surface area contributed by atoms with Gasteiger partial charge in [0.2, 0.25) is 12.2 Å². The number of hydrogen-bond acceptors (Lipinski definition) is 8. The van der Waals surface area contributed by atoms with Crippen molar-refractivity contribution in [1.29, 1.82) is 0 Å². The maximum atomic E-state index is 13.2. The van der Waals surface area contributed by atoms with Gasteiger partial charge in [0, 0.05) is 21.8 Å². The first-order chi connectivity index (χ1) is 22.4. The van der Waals surface area contributed by atoms with Gasteiger partial charge in [-0.3, -0.25) is 25.2 Å². The molecule has 15 heteroatoms. The third-order valence-corrected chi connectivity index (χ3v) is 7.15. The number of carbonyl (C=O) groups excluding carboxylic acids is 5. The Morgan fingerprint density at radius 3 is 1.55 bits per heavy atom. The number of carboxylic acid groups (broad SMARTS) is 1. The molecule has 4 aromatic rings. The second-order valence-electron chi connectivity index (χ2n) is 9.43. The number of carboxylic acids is 1. The number of hydrogen-bond donors (Lipinski definition) is 4. The number of hydrazine groups is 1. The summed E-state index contributed by atoms with van der Waals surface area (Å²) in [7, 11) is 0. The SMILES string of the molecule is O=C(NNC(=O)[C@@H](OC(=O)c1ccccc1Cl)[C@H](OC(=O)c1ccccc1Cl)C(=O)O)c1ccc(NC(=O)c2ccc(Cl)cc2)cc1. The van der Waals surface area contributed by atoms with Gasteiger partial charge in [-0.2, -0.15) is 0 Å². The van der Waals surface area contributed by atoms with Gasteiger partial charge in [0.25, 0.3) is 17.7 Å². The standard InChI is InChI=1S/C32H22Cl3N3O9/c33-19-13-9-17(10-14-19)27(39)36-20-15-11-18(12-16-20)28(40)37-38-29(41)25(46-31(44)21-5-1-3-7-23(21)34)26(30(42)43)47-32(45)22-6-2-4-8-24(22)35/h1-16,25-26H,(H,36,39)(H,37,40)(H,38,41)(H,42,43)/t25-,26-/m0/s1. The van der Waals surface area contributed by atoms with Crippen molar-refractivity contribution in [3.8, 4) is 0 Å². The number of carbonyl (C=O) groups is 6. The summed E-state index contributed by atoms with van der Waals surface area (Å²) in [6, 6.07) is 22.8. The van der Waals surface area contributed by atoms with Gasteiger partial charge in [0.05, 0.1) is 21.2 Å². The highest BCUT2D eigenvalue weighted by molar-refractivity contribution is 6.34. The van der Waals surface area contributed by atoms with Crippen molar-refractivity contribution >= 4 is 76.1 Å². The van der Waals surface area contributed by atoms with Gasteiger partial charge in [-0.1, -0.05) is 59.1 Å². The van der Waals surface area contributed by atoms with E-state index in [1.54, 1.807) is 12.1 Å². The maximum absolute atomic E-state index is 13.2. The highest BCUT2D eigenvalue weighted by atomic mass is 35.5. The normalized spacial score (nSPS) is 11.7. The van der Waals surface area contributed by atoms with Crippen molar-refractivity contribution in [2.24, 2.45) is 0 Å². The molecule has 0 aliphatic heterocycles. The van der Waals surface area contributed by atoms with Gasteiger partial charge in [-0.15, -0.1) is 0 Å². The molecule has 0 radical (unpaired) electrons. The van der Waals surface area contributed by atoms with E-state index in [0.29, 0.717) is 16.3 Å². The predicted molar refractivity (Wildman–Crippen MR) is 170 cm³/mol. The van der Waals surface area contributed by atoms with Crippen LogP contribution in [0.5, 0.6) is 0 Å². The van der Waals surface area contributed by atoms with E-state index in [2.05, 4.69) is 10.7 Å². The topological polar surface area (TPSA) is 177 Å². The predicted octanol–water partition coefficient (Wildman–Crippen LogP) is 5.20. The maximum Gasteiger partial charge on any atom is 0.349 e. The van der Waals surface area contributed by atoms with Crippen LogP contribution in [0.3, 0.4) is 0 Å². The van der Waals surface area contributed by atoms with Crippen LogP contribution in [0.15, 0.2) is 97.1 Å². The van der Waals surface area contributed by atoms with Crippen molar-refractivity contribution in [3.05, 3.63) is 134 Å². The molecule has 12 nitrogen and oxygen atoms in total. The Morgan fingerprint density at radius 1 is 0.574 bits per heavy atom. The molecule has 3 amide bonds. The first-order valence-corrected chi connectivity index (χ1v) is 14.5. The lowest BCUT2D eigenvalue weighted by Crippen LogP contribution is -2.54. The second-order valence-corrected chi connectivity index (χ2v) is 10.7. The monoisotopic (exact) mass is 697 g/mol. The molecule has 0 saturated heterocycles. The lowest BCUT2D eigenvalue weighted by atomic mass is 10.1. The zero-order chi connectivity index (χ0) is 34.1. The van der Waals surface area contributed by atoms with Gasteiger partial charge >= 0.3 is 17.9 Å². The smallest absolute Gasteiger partial charge is 0.349 e. The summed E-state index contributed by atoms with van der Waals surface area (Å²) in [4.78, 5) is 76.4. The number of amides is 3. The summed E-state index contributed by atoms with van der Waals surface area (Å²) in [5.41, 5.74) is 4.31. The Labute approximate surface area is 281 Å². The molecule has 0 aliphatic carbocycles. The van der Waals surface area contributed by atoms with Crippen LogP contribution in [0.1, 0.15) is 41.4 Å². The summed E-state index contributed by atoms with van der Waals surface area (Å²) < 4.78 is 10.2. The van der Waals surface area contributed by atoms with E-state index in [9.17, 15) is 33.9 Å². The van der Waals surface area contributed by atoms with Crippen LogP contribution >= 0.6 is 34.8 Å². The Hall–Kier alpha value is -5.43. The Morgan fingerprint density at radius 2 is 1.04 bits per heavy atom.